The second-order valence-electron chi connectivity index (χ2n) is 21.4. The first-order valence-corrected chi connectivity index (χ1v) is 28.9. The number of nitrogens with zero attached hydrogens (tertiary/aromatic N) is 4. The number of unbranched alkanes of at least 4 members (excludes halogenated alkanes) is 14. The van der Waals surface area contributed by atoms with Crippen LogP contribution in [0, 0.1) is 13.8 Å². The Morgan fingerprint density at radius 2 is 0.852 bits per heavy atom. The molecule has 4 unspecified atom stereocenters. The minimum Gasteiger partial charge on any atom is -0.657 e. The Hall–Kier alpha value is -6.02. The molecule has 2 N–H and O–H groups in total. The fraction of sp³-hybridized carbons (Fsp3) is 0.581. The number of allylic oxidation sites excluding steroid dienone is 2. The molecule has 0 spiro atoms. The van der Waals surface area contributed by atoms with Crippen LogP contribution in [0.3, 0.4) is 0 Å². The van der Waals surface area contributed by atoms with E-state index in [-0.39, 0.29) is 62.0 Å². The molecule has 8 bridgehead atoms. The van der Waals surface area contributed by atoms with E-state index in [1.54, 1.807) is 6.07 Å². The van der Waals surface area contributed by atoms with Crippen molar-refractivity contribution in [3.05, 3.63) is 69.3 Å². The summed E-state index contributed by atoms with van der Waals surface area (Å²) in [6.45, 7) is 17.3. The van der Waals surface area contributed by atoms with Gasteiger partial charge in [-0.25, -0.2) is 9.97 Å². The first kappa shape index (κ1) is 67.5. The first-order chi connectivity index (χ1) is 38.2. The molecule has 4 atom stereocenters. The molecule has 3 aromatic heterocycles. The maximum Gasteiger partial charge on any atom is 3.00 e. The summed E-state index contributed by atoms with van der Waals surface area (Å²) in [6.07, 6.45) is 15.4. The van der Waals surface area contributed by atoms with Crippen molar-refractivity contribution in [1.82, 2.24) is 30.6 Å². The minimum absolute atomic E-state index is 0. The van der Waals surface area contributed by atoms with Crippen LogP contribution in [0.2, 0.25) is 0 Å². The van der Waals surface area contributed by atoms with Crippen LogP contribution in [-0.2, 0) is 51.1 Å². The molecule has 5 heterocycles. The van der Waals surface area contributed by atoms with Crippen molar-refractivity contribution in [2.24, 2.45) is 0 Å². The largest absolute Gasteiger partial charge is 3.00 e. The predicted octanol–water partition coefficient (Wildman–Crippen LogP) is 5.71. The minimum atomic E-state index is -1.82. The molecule has 2 aliphatic heterocycles. The number of carboxylic acids is 4. The molecule has 438 valence electrons. The van der Waals surface area contributed by atoms with Crippen LogP contribution in [0.4, 0.5) is 0 Å². The normalized spacial score (nSPS) is 13.8. The number of carbonyl (C=O) groups is 6. The summed E-state index contributed by atoms with van der Waals surface area (Å²) in [5, 5.41) is 50.6. The quantitative estimate of drug-likeness (QED) is 0.0520. The number of amides is 2. The molecular formula is C62H85GaN6O12. The standard InChI is InChI=1S/C62H88N6O12.Ga/c1-9-11-13-15-17-19-21-23-29-79-41(7)59-39(5)47-31-45-37(3)43(25-27-55(69)67-53(61(75)76)35-57(71)72)49(63-45)34-50-44(26-28-56(70)68-54(62(77)78)36-58(73)74)38(4)46(64-50)32-51-60(40(6)48(66-51)33-52(59)65-47)42(8)80-30-24-22-20-18-16-14-12-10-2;/h31-34,41-42,53-54H,9-30,35-36H2,1-8H3,(H8,63,64,65,66,67,68,69,70,71,72,73,74,75,76,77,78);/q;+3/p-3. The van der Waals surface area contributed by atoms with Crippen molar-refractivity contribution in [3.63, 3.8) is 0 Å². The van der Waals surface area contributed by atoms with Crippen LogP contribution in [0.1, 0.15) is 219 Å². The van der Waals surface area contributed by atoms with Crippen molar-refractivity contribution < 1.29 is 62.9 Å². The first-order valence-electron chi connectivity index (χ1n) is 28.9. The Bertz CT molecular complexity index is 2920. The number of rotatable bonds is 36. The summed E-state index contributed by atoms with van der Waals surface area (Å²) in [4.78, 5) is 93.6. The van der Waals surface area contributed by atoms with Crippen LogP contribution < -0.4 is 41.0 Å². The van der Waals surface area contributed by atoms with E-state index in [1.807, 2.05) is 59.7 Å². The molecule has 0 aromatic carbocycles. The molecular weight excluding hydrogens is 1090 g/mol. The van der Waals surface area contributed by atoms with Crippen LogP contribution in [0.25, 0.3) is 44.4 Å². The van der Waals surface area contributed by atoms with Crippen LogP contribution in [0.15, 0.2) is 24.3 Å². The van der Waals surface area contributed by atoms with Crippen molar-refractivity contribution in [3.8, 4) is 0 Å². The number of aryl methyl sites for hydroxylation is 4. The third kappa shape index (κ3) is 20.1. The van der Waals surface area contributed by atoms with Crippen molar-refractivity contribution in [2.75, 3.05) is 13.2 Å². The molecule has 0 fully saturated rings. The van der Waals surface area contributed by atoms with Gasteiger partial charge >= 0.3 is 24.1 Å². The Balaban J connectivity index is 0.00000882. The summed E-state index contributed by atoms with van der Waals surface area (Å²) >= 11 is 0. The van der Waals surface area contributed by atoms with Gasteiger partial charge in [-0.3, -0.25) is 9.59 Å². The Morgan fingerprint density at radius 1 is 0.506 bits per heavy atom. The van der Waals surface area contributed by atoms with Gasteiger partial charge in [0.1, 0.15) is 0 Å². The Kier molecular flexibility index (Phi) is 28.2. The summed E-state index contributed by atoms with van der Waals surface area (Å²) in [5.74, 6) is -8.41. The van der Waals surface area contributed by atoms with Crippen LogP contribution in [-0.4, -0.2) is 103 Å². The molecule has 5 rings (SSSR count). The number of nitrogens with one attached hydrogen (secondary N) is 2. The molecule has 0 aliphatic carbocycles. The molecule has 19 heteroatoms. The second kappa shape index (κ2) is 33.8. The molecule has 18 nitrogen and oxygen atoms in total. The summed E-state index contributed by atoms with van der Waals surface area (Å²) in [7, 11) is 0. The van der Waals surface area contributed by atoms with E-state index >= 15 is 0 Å². The number of fused-ring (bicyclic) bond motifs is 8. The third-order valence-corrected chi connectivity index (χ3v) is 15.2. The summed E-state index contributed by atoms with van der Waals surface area (Å²) < 4.78 is 13.2. The number of aliphatic carboxylic acids is 4. The van der Waals surface area contributed by atoms with E-state index in [1.165, 1.54) is 64.2 Å². The van der Waals surface area contributed by atoms with Gasteiger partial charge in [-0.05, 0) is 84.4 Å². The van der Waals surface area contributed by atoms with Crippen LogP contribution >= 0.6 is 0 Å². The number of hydrogen-bond acceptors (Lipinski definition) is 14. The SMILES string of the molecule is CCCCCCCCCCOC(C)C1=C(C)c2cc3[n-]c(cc4[n-]c(cc5nc(cc1n2)C(C)=C5C(C)OCCCCCCCCCC)c(C)c4CCC(=O)NC(CC(=O)[O-])C(=O)[O-])c(CCC(=O)NC(CC(=O)[O-])C(=O)[O-])c3C.[Ga+3].[H+].[H+].[H+]. The van der Waals surface area contributed by atoms with E-state index in [0.717, 1.165) is 60.8 Å². The van der Waals surface area contributed by atoms with Gasteiger partial charge in [-0.2, -0.15) is 0 Å². The summed E-state index contributed by atoms with van der Waals surface area (Å²) in [6, 6.07) is 3.81. The molecule has 81 heavy (non-hydrogen) atoms. The van der Waals surface area contributed by atoms with Gasteiger partial charge in [0.15, 0.2) is 0 Å². The monoisotopic (exact) mass is 1170 g/mol. The number of ether oxygens (including phenoxy) is 2. The van der Waals surface area contributed by atoms with Crippen molar-refractivity contribution >= 4 is 99.8 Å². The van der Waals surface area contributed by atoms with Gasteiger partial charge < -0.3 is 69.7 Å². The Morgan fingerprint density at radius 3 is 1.22 bits per heavy atom. The molecule has 2 aliphatic rings. The fourth-order valence-corrected chi connectivity index (χ4v) is 10.5. The van der Waals surface area contributed by atoms with E-state index < -0.39 is 60.6 Å². The van der Waals surface area contributed by atoms with Gasteiger partial charge in [0.25, 0.3) is 0 Å². The van der Waals surface area contributed by atoms with Gasteiger partial charge in [-0.1, -0.05) is 144 Å². The number of hydrogen-bond donors (Lipinski definition) is 2. The van der Waals surface area contributed by atoms with Gasteiger partial charge in [-0.15, -0.1) is 22.1 Å². The van der Waals surface area contributed by atoms with Crippen LogP contribution in [0.5, 0.6) is 0 Å². The fourth-order valence-electron chi connectivity index (χ4n) is 10.5. The van der Waals surface area contributed by atoms with E-state index in [9.17, 15) is 49.2 Å². The smallest absolute Gasteiger partial charge is 0.657 e. The average molecular weight is 1180 g/mol. The van der Waals surface area contributed by atoms with Gasteiger partial charge in [0, 0.05) is 62.0 Å². The maximum absolute atomic E-state index is 13.3. The zero-order valence-electron chi connectivity index (χ0n) is 51.9. The molecule has 3 aromatic rings. The van der Waals surface area contributed by atoms with E-state index in [0.29, 0.717) is 80.3 Å². The number of carboxylic acid groups (broad SMARTS) is 4. The number of aromatic nitrogens is 4. The maximum atomic E-state index is 13.3. The third-order valence-electron chi connectivity index (χ3n) is 15.2. The zero-order chi connectivity index (χ0) is 58.5. The molecule has 0 saturated carbocycles. The van der Waals surface area contributed by atoms with Gasteiger partial charge in [0.2, 0.25) is 11.8 Å². The van der Waals surface area contributed by atoms with Crippen molar-refractivity contribution in [1.29, 1.82) is 0 Å². The summed E-state index contributed by atoms with van der Waals surface area (Å²) in [5.41, 5.74) is 10.5. The average Bonchev–Trinajstić information content (AvgIpc) is 4.22. The van der Waals surface area contributed by atoms with Gasteiger partial charge in [0.05, 0.1) is 59.0 Å². The zero-order valence-corrected chi connectivity index (χ0v) is 51.3. The predicted molar refractivity (Wildman–Crippen MR) is 308 cm³/mol. The van der Waals surface area contributed by atoms with E-state index in [2.05, 4.69) is 24.5 Å². The molecule has 0 radical (unpaired) electrons. The van der Waals surface area contributed by atoms with E-state index in [4.69, 9.17) is 29.4 Å². The topological polar surface area (TPSA) is 291 Å². The molecule has 0 saturated heterocycles. The Labute approximate surface area is 494 Å². The number of carbonyl (C=O) groups excluding carboxylic acids is 6. The second-order valence-corrected chi connectivity index (χ2v) is 21.4. The van der Waals surface area contributed by atoms with Crippen molar-refractivity contribution in [2.45, 2.75) is 221 Å². The molecule has 2 amide bonds.